The number of hydrogen-bond acceptors (Lipinski definition) is 2. The molecule has 1 aliphatic heterocycles. The summed E-state index contributed by atoms with van der Waals surface area (Å²) in [6, 6.07) is 5.76. The summed E-state index contributed by atoms with van der Waals surface area (Å²) < 4.78 is 0. The van der Waals surface area contributed by atoms with E-state index in [-0.39, 0.29) is 5.91 Å². The lowest BCUT2D eigenvalue weighted by atomic mass is 10.2. The van der Waals surface area contributed by atoms with Crippen molar-refractivity contribution in [2.45, 2.75) is 13.3 Å². The van der Waals surface area contributed by atoms with Gasteiger partial charge in [-0.2, -0.15) is 0 Å². The molecule has 0 radical (unpaired) electrons. The summed E-state index contributed by atoms with van der Waals surface area (Å²) in [5.74, 6) is 1.38. The third kappa shape index (κ3) is 2.20. The summed E-state index contributed by atoms with van der Waals surface area (Å²) in [4.78, 5) is 17.9. The van der Waals surface area contributed by atoms with Crippen molar-refractivity contribution in [3.05, 3.63) is 23.9 Å². The summed E-state index contributed by atoms with van der Waals surface area (Å²) >= 11 is 3.42. The highest BCUT2D eigenvalue weighted by Crippen LogP contribution is 2.24. The number of hydrogen-bond donors (Lipinski definition) is 0. The van der Waals surface area contributed by atoms with Gasteiger partial charge < -0.3 is 0 Å². The van der Waals surface area contributed by atoms with E-state index < -0.39 is 0 Å². The third-order valence-corrected chi connectivity index (χ3v) is 3.49. The van der Waals surface area contributed by atoms with E-state index in [0.29, 0.717) is 12.3 Å². The number of anilines is 1. The minimum Gasteiger partial charge on any atom is -0.296 e. The Bertz CT molecular complexity index is 381. The number of carbonyl (C=O) groups is 1. The minimum absolute atomic E-state index is 0.178. The first-order valence-corrected chi connectivity index (χ1v) is 6.13. The van der Waals surface area contributed by atoms with Crippen LogP contribution in [-0.4, -0.2) is 22.8 Å². The van der Waals surface area contributed by atoms with Gasteiger partial charge in [0.1, 0.15) is 5.82 Å². The number of nitrogens with zero attached hydrogens (tertiary/aromatic N) is 2. The van der Waals surface area contributed by atoms with Gasteiger partial charge in [-0.25, -0.2) is 4.98 Å². The Morgan fingerprint density at radius 3 is 3.00 bits per heavy atom. The van der Waals surface area contributed by atoms with E-state index in [4.69, 9.17) is 0 Å². The second-order valence-electron chi connectivity index (χ2n) is 3.87. The van der Waals surface area contributed by atoms with Crippen LogP contribution < -0.4 is 4.90 Å². The number of carbonyl (C=O) groups excluding carboxylic acids is 1. The lowest BCUT2D eigenvalue weighted by Gasteiger charge is -2.15. The fourth-order valence-corrected chi connectivity index (χ4v) is 2.22. The molecule has 1 aromatic rings. The van der Waals surface area contributed by atoms with Gasteiger partial charge >= 0.3 is 0 Å². The largest absolute Gasteiger partial charge is 0.296 e. The second-order valence-corrected chi connectivity index (χ2v) is 4.51. The van der Waals surface area contributed by atoms with Gasteiger partial charge in [0, 0.05) is 24.0 Å². The maximum absolute atomic E-state index is 11.7. The highest BCUT2D eigenvalue weighted by Gasteiger charge is 2.30. The van der Waals surface area contributed by atoms with Gasteiger partial charge in [0.05, 0.1) is 0 Å². The summed E-state index contributed by atoms with van der Waals surface area (Å²) in [6.45, 7) is 2.71. The molecule has 0 saturated carbocycles. The Morgan fingerprint density at radius 2 is 2.40 bits per heavy atom. The van der Waals surface area contributed by atoms with Gasteiger partial charge in [0.25, 0.3) is 0 Å². The van der Waals surface area contributed by atoms with Gasteiger partial charge in [-0.3, -0.25) is 9.69 Å². The normalized spacial score (nSPS) is 21.1. The predicted octanol–water partition coefficient (Wildman–Crippen LogP) is 2.14. The lowest BCUT2D eigenvalue weighted by Crippen LogP contribution is -2.25. The fourth-order valence-electron chi connectivity index (χ4n) is 1.79. The Balaban J connectivity index is 2.21. The number of rotatable bonds is 2. The van der Waals surface area contributed by atoms with E-state index in [1.54, 1.807) is 4.90 Å². The molecule has 1 fully saturated rings. The van der Waals surface area contributed by atoms with Gasteiger partial charge in [-0.05, 0) is 25.0 Å². The first kappa shape index (κ1) is 10.6. The first-order valence-electron chi connectivity index (χ1n) is 5.00. The van der Waals surface area contributed by atoms with Crippen molar-refractivity contribution in [3.63, 3.8) is 0 Å². The van der Waals surface area contributed by atoms with Gasteiger partial charge in [-0.1, -0.05) is 22.0 Å². The van der Waals surface area contributed by atoms with Crippen LogP contribution in [0.5, 0.6) is 0 Å². The predicted molar refractivity (Wildman–Crippen MR) is 63.2 cm³/mol. The third-order valence-electron chi connectivity index (χ3n) is 2.57. The van der Waals surface area contributed by atoms with Crippen molar-refractivity contribution in [1.29, 1.82) is 0 Å². The van der Waals surface area contributed by atoms with Crippen molar-refractivity contribution in [2.75, 3.05) is 16.8 Å². The molecule has 0 aromatic carbocycles. The molecule has 1 saturated heterocycles. The number of halogens is 1. The number of pyridine rings is 1. The van der Waals surface area contributed by atoms with Crippen molar-refractivity contribution in [2.24, 2.45) is 5.92 Å². The Labute approximate surface area is 97.6 Å². The Morgan fingerprint density at radius 1 is 1.60 bits per heavy atom. The Kier molecular flexibility index (Phi) is 3.05. The van der Waals surface area contributed by atoms with Crippen LogP contribution in [-0.2, 0) is 4.79 Å². The average molecular weight is 269 g/mol. The van der Waals surface area contributed by atoms with Crippen LogP contribution in [0.4, 0.5) is 5.82 Å². The van der Waals surface area contributed by atoms with E-state index in [1.165, 1.54) is 0 Å². The number of aromatic nitrogens is 1. The lowest BCUT2D eigenvalue weighted by molar-refractivity contribution is -0.117. The zero-order valence-electron chi connectivity index (χ0n) is 8.61. The van der Waals surface area contributed by atoms with E-state index in [0.717, 1.165) is 23.4 Å². The van der Waals surface area contributed by atoms with Crippen molar-refractivity contribution >= 4 is 27.7 Å². The number of alkyl halides is 1. The highest BCUT2D eigenvalue weighted by molar-refractivity contribution is 9.09. The van der Waals surface area contributed by atoms with E-state index in [1.807, 2.05) is 25.1 Å². The van der Waals surface area contributed by atoms with Gasteiger partial charge in [-0.15, -0.1) is 0 Å². The zero-order valence-corrected chi connectivity index (χ0v) is 10.2. The molecule has 1 aromatic heterocycles. The summed E-state index contributed by atoms with van der Waals surface area (Å²) in [7, 11) is 0. The molecule has 0 bridgehead atoms. The molecule has 3 nitrogen and oxygen atoms in total. The zero-order chi connectivity index (χ0) is 10.8. The fraction of sp³-hybridized carbons (Fsp3) is 0.455. The van der Waals surface area contributed by atoms with Crippen LogP contribution >= 0.6 is 15.9 Å². The van der Waals surface area contributed by atoms with E-state index in [9.17, 15) is 4.79 Å². The van der Waals surface area contributed by atoms with E-state index in [2.05, 4.69) is 20.9 Å². The smallest absolute Gasteiger partial charge is 0.228 e. The monoisotopic (exact) mass is 268 g/mol. The molecule has 2 heterocycles. The summed E-state index contributed by atoms with van der Waals surface area (Å²) in [6.07, 6.45) is 0.626. The van der Waals surface area contributed by atoms with Crippen LogP contribution in [0.25, 0.3) is 0 Å². The molecule has 80 valence electrons. The molecule has 1 amide bonds. The average Bonchev–Trinajstić information content (AvgIpc) is 2.60. The van der Waals surface area contributed by atoms with Gasteiger partial charge in [0.15, 0.2) is 0 Å². The molecule has 0 spiro atoms. The minimum atomic E-state index is 0.178. The maximum Gasteiger partial charge on any atom is 0.228 e. The summed E-state index contributed by atoms with van der Waals surface area (Å²) in [5.41, 5.74) is 0.947. The van der Waals surface area contributed by atoms with Crippen molar-refractivity contribution < 1.29 is 4.79 Å². The SMILES string of the molecule is Cc1cccc(N2CC(CBr)CC2=O)n1. The molecule has 2 rings (SSSR count). The quantitative estimate of drug-likeness (QED) is 0.771. The molecule has 1 aliphatic rings. The number of amides is 1. The molecule has 0 N–H and O–H groups in total. The molecule has 15 heavy (non-hydrogen) atoms. The molecule has 4 heteroatoms. The molecule has 1 unspecified atom stereocenters. The van der Waals surface area contributed by atoms with Crippen LogP contribution in [0.15, 0.2) is 18.2 Å². The van der Waals surface area contributed by atoms with Crippen LogP contribution in [0.3, 0.4) is 0 Å². The van der Waals surface area contributed by atoms with Crippen molar-refractivity contribution in [3.8, 4) is 0 Å². The topological polar surface area (TPSA) is 33.2 Å². The van der Waals surface area contributed by atoms with Crippen molar-refractivity contribution in [1.82, 2.24) is 4.98 Å². The molecular formula is C11H13BrN2O. The standard InChI is InChI=1S/C11H13BrN2O/c1-8-3-2-4-10(13-8)14-7-9(6-12)5-11(14)15/h2-4,9H,5-7H2,1H3. The van der Waals surface area contributed by atoms with E-state index >= 15 is 0 Å². The van der Waals surface area contributed by atoms with Crippen LogP contribution in [0, 0.1) is 12.8 Å². The number of aryl methyl sites for hydroxylation is 1. The second kappa shape index (κ2) is 4.31. The molecule has 0 aliphatic carbocycles. The van der Waals surface area contributed by atoms with Crippen LogP contribution in [0.2, 0.25) is 0 Å². The Hall–Kier alpha value is -0.900. The van der Waals surface area contributed by atoms with Gasteiger partial charge in [0.2, 0.25) is 5.91 Å². The molecule has 1 atom stereocenters. The molecular weight excluding hydrogens is 256 g/mol. The summed E-state index contributed by atoms with van der Waals surface area (Å²) in [5, 5.41) is 0.876. The highest BCUT2D eigenvalue weighted by atomic mass is 79.9. The maximum atomic E-state index is 11.7. The van der Waals surface area contributed by atoms with Crippen LogP contribution in [0.1, 0.15) is 12.1 Å². The first-order chi connectivity index (χ1) is 7.20.